The van der Waals surface area contributed by atoms with Gasteiger partial charge in [-0.2, -0.15) is 0 Å². The molecule has 1 atom stereocenters. The van der Waals surface area contributed by atoms with Crippen molar-refractivity contribution in [3.8, 4) is 0 Å². The van der Waals surface area contributed by atoms with Crippen LogP contribution in [0, 0.1) is 20.8 Å². The molecular formula is C20H28N2SSi. The van der Waals surface area contributed by atoms with Gasteiger partial charge in [0.25, 0.3) is 0 Å². The van der Waals surface area contributed by atoms with Gasteiger partial charge in [-0.1, -0.05) is 61.2 Å². The largest absolute Gasteiger partial charge is 0.314 e. The van der Waals surface area contributed by atoms with Crippen molar-refractivity contribution >= 4 is 31.2 Å². The van der Waals surface area contributed by atoms with Crippen LogP contribution in [0.25, 0.3) is 0 Å². The number of fused-ring (bicyclic) bond motifs is 1. The second-order valence-corrected chi connectivity index (χ2v) is 14.8. The Morgan fingerprint density at radius 3 is 2.25 bits per heavy atom. The Hall–Kier alpha value is -1.23. The predicted molar refractivity (Wildman–Crippen MR) is 110 cm³/mol. The molecule has 1 aliphatic heterocycles. The number of nitrogens with two attached hydrogens (primary N) is 1. The maximum absolute atomic E-state index is 6.57. The zero-order chi connectivity index (χ0) is 17.6. The number of para-hydroxylation sites is 1. The summed E-state index contributed by atoms with van der Waals surface area (Å²) in [7, 11) is -1.21. The van der Waals surface area contributed by atoms with Crippen molar-refractivity contribution in [2.75, 3.05) is 4.90 Å². The first-order valence-electron chi connectivity index (χ1n) is 8.58. The monoisotopic (exact) mass is 356 g/mol. The van der Waals surface area contributed by atoms with Crippen molar-refractivity contribution in [1.29, 1.82) is 0 Å². The first kappa shape index (κ1) is 17.6. The average molecular weight is 357 g/mol. The molecule has 0 saturated carbocycles. The van der Waals surface area contributed by atoms with Crippen LogP contribution in [0.5, 0.6) is 0 Å². The maximum Gasteiger partial charge on any atom is 0.134 e. The summed E-state index contributed by atoms with van der Waals surface area (Å²) in [5, 5.41) is 0. The molecule has 0 fully saturated rings. The smallest absolute Gasteiger partial charge is 0.134 e. The highest BCUT2D eigenvalue weighted by atomic mass is 32.2. The van der Waals surface area contributed by atoms with Gasteiger partial charge in [-0.15, -0.1) is 0 Å². The summed E-state index contributed by atoms with van der Waals surface area (Å²) in [6.45, 7) is 13.9. The van der Waals surface area contributed by atoms with E-state index in [1.54, 1.807) is 11.8 Å². The van der Waals surface area contributed by atoms with Crippen LogP contribution in [0.4, 0.5) is 11.4 Å². The van der Waals surface area contributed by atoms with E-state index in [1.807, 2.05) is 0 Å². The van der Waals surface area contributed by atoms with Crippen LogP contribution < -0.4 is 10.6 Å². The molecule has 3 rings (SSSR count). The van der Waals surface area contributed by atoms with Gasteiger partial charge < -0.3 is 10.6 Å². The summed E-state index contributed by atoms with van der Waals surface area (Å²) in [5.41, 5.74) is 14.5. The fourth-order valence-electron chi connectivity index (χ4n) is 3.75. The quantitative estimate of drug-likeness (QED) is 0.734. The summed E-state index contributed by atoms with van der Waals surface area (Å²) >= 11 is 1.77. The summed E-state index contributed by atoms with van der Waals surface area (Å²) in [5.74, 6) is 0. The zero-order valence-electron chi connectivity index (χ0n) is 15.6. The van der Waals surface area contributed by atoms with E-state index >= 15 is 0 Å². The Labute approximate surface area is 151 Å². The van der Waals surface area contributed by atoms with Crippen LogP contribution in [0.1, 0.15) is 22.3 Å². The zero-order valence-corrected chi connectivity index (χ0v) is 17.4. The van der Waals surface area contributed by atoms with Gasteiger partial charge in [0.1, 0.15) is 5.50 Å². The average Bonchev–Trinajstić information content (AvgIpc) is 2.74. The number of rotatable bonds is 3. The fourth-order valence-corrected chi connectivity index (χ4v) is 6.25. The molecule has 0 bridgehead atoms. The Balaban J connectivity index is 2.17. The van der Waals surface area contributed by atoms with E-state index in [9.17, 15) is 0 Å². The van der Waals surface area contributed by atoms with Crippen LogP contribution >= 0.6 is 11.8 Å². The third-order valence-corrected chi connectivity index (χ3v) is 6.90. The third-order valence-electron chi connectivity index (χ3n) is 4.42. The van der Waals surface area contributed by atoms with Crippen LogP contribution in [-0.2, 0) is 6.04 Å². The molecule has 0 amide bonds. The lowest BCUT2D eigenvalue weighted by Gasteiger charge is -2.30. The molecule has 0 aliphatic carbocycles. The lowest BCUT2D eigenvalue weighted by Crippen LogP contribution is -2.34. The standard InChI is InChI=1S/C20H28N2SSi/c1-13-10-14(2)18(15(3)11-13)22-19-16(12-24(4,5)6)8-7-9-17(19)23-20(22)21/h7-11,20H,12,21H2,1-6H3. The van der Waals surface area contributed by atoms with Gasteiger partial charge in [-0.25, -0.2) is 0 Å². The normalized spacial score (nSPS) is 17.3. The first-order chi connectivity index (χ1) is 11.2. The fraction of sp³-hybridized carbons (Fsp3) is 0.400. The van der Waals surface area contributed by atoms with Crippen LogP contribution in [0.3, 0.4) is 0 Å². The molecule has 2 aromatic carbocycles. The van der Waals surface area contributed by atoms with E-state index in [1.165, 1.54) is 44.6 Å². The van der Waals surface area contributed by atoms with Gasteiger partial charge in [0.2, 0.25) is 0 Å². The highest BCUT2D eigenvalue weighted by molar-refractivity contribution is 8.00. The highest BCUT2D eigenvalue weighted by Gasteiger charge is 2.33. The van der Waals surface area contributed by atoms with Gasteiger partial charge in [0.05, 0.1) is 5.69 Å². The topological polar surface area (TPSA) is 29.3 Å². The SMILES string of the molecule is Cc1cc(C)c(N2c3c(C[Si](C)(C)C)cccc3SC2N)c(C)c1. The van der Waals surface area contributed by atoms with Gasteiger partial charge in [-0.3, -0.25) is 0 Å². The lowest BCUT2D eigenvalue weighted by molar-refractivity contribution is 0.915. The Morgan fingerprint density at radius 2 is 1.67 bits per heavy atom. The Kier molecular flexibility index (Phi) is 4.58. The summed E-state index contributed by atoms with van der Waals surface area (Å²) in [6, 6.07) is 12.4. The summed E-state index contributed by atoms with van der Waals surface area (Å²) in [6.07, 6.45) is 0. The minimum absolute atomic E-state index is 0.0529. The van der Waals surface area contributed by atoms with E-state index in [4.69, 9.17) is 5.73 Å². The number of benzene rings is 2. The summed E-state index contributed by atoms with van der Waals surface area (Å²) in [4.78, 5) is 3.69. The number of hydrogen-bond acceptors (Lipinski definition) is 3. The van der Waals surface area contributed by atoms with Crippen molar-refractivity contribution in [2.24, 2.45) is 5.73 Å². The molecule has 1 unspecified atom stereocenters. The van der Waals surface area contributed by atoms with E-state index < -0.39 is 8.07 Å². The molecular weight excluding hydrogens is 328 g/mol. The molecule has 4 heteroatoms. The van der Waals surface area contributed by atoms with Crippen molar-refractivity contribution in [1.82, 2.24) is 0 Å². The maximum atomic E-state index is 6.57. The molecule has 2 N–H and O–H groups in total. The van der Waals surface area contributed by atoms with Crippen LogP contribution in [-0.4, -0.2) is 13.6 Å². The molecule has 0 aromatic heterocycles. The van der Waals surface area contributed by atoms with Crippen molar-refractivity contribution in [3.63, 3.8) is 0 Å². The molecule has 1 heterocycles. The second-order valence-electron chi connectivity index (χ2n) is 8.13. The van der Waals surface area contributed by atoms with Gasteiger partial charge in [-0.05, 0) is 49.6 Å². The number of thioether (sulfide) groups is 1. The molecule has 24 heavy (non-hydrogen) atoms. The molecule has 1 aliphatic rings. The van der Waals surface area contributed by atoms with Crippen molar-refractivity contribution in [3.05, 3.63) is 52.6 Å². The number of hydrogen-bond donors (Lipinski definition) is 1. The Bertz CT molecular complexity index is 757. The Morgan fingerprint density at radius 1 is 1.04 bits per heavy atom. The molecule has 0 saturated heterocycles. The second kappa shape index (κ2) is 6.25. The third kappa shape index (κ3) is 3.28. The van der Waals surface area contributed by atoms with E-state index in [0.29, 0.717) is 0 Å². The van der Waals surface area contributed by atoms with Gasteiger partial charge in [0.15, 0.2) is 0 Å². The van der Waals surface area contributed by atoms with E-state index in [-0.39, 0.29) is 5.50 Å². The van der Waals surface area contributed by atoms with Gasteiger partial charge in [0, 0.05) is 18.7 Å². The molecule has 2 nitrogen and oxygen atoms in total. The molecule has 2 aromatic rings. The number of anilines is 2. The van der Waals surface area contributed by atoms with Crippen LogP contribution in [0.15, 0.2) is 35.2 Å². The lowest BCUT2D eigenvalue weighted by atomic mass is 10.0. The van der Waals surface area contributed by atoms with Crippen LogP contribution in [0.2, 0.25) is 19.6 Å². The summed E-state index contributed by atoms with van der Waals surface area (Å²) < 4.78 is 0. The molecule has 0 radical (unpaired) electrons. The van der Waals surface area contributed by atoms with E-state index in [0.717, 1.165) is 0 Å². The first-order valence-corrected chi connectivity index (χ1v) is 13.2. The van der Waals surface area contributed by atoms with Gasteiger partial charge >= 0.3 is 0 Å². The van der Waals surface area contributed by atoms with E-state index in [2.05, 4.69) is 75.6 Å². The number of nitrogens with zero attached hydrogens (tertiary/aromatic N) is 1. The minimum atomic E-state index is -1.21. The molecule has 128 valence electrons. The number of aryl methyl sites for hydroxylation is 3. The van der Waals surface area contributed by atoms with Crippen molar-refractivity contribution < 1.29 is 0 Å². The predicted octanol–water partition coefficient (Wildman–Crippen LogP) is 5.52. The van der Waals surface area contributed by atoms with Crippen molar-refractivity contribution in [2.45, 2.75) is 56.8 Å². The minimum Gasteiger partial charge on any atom is -0.314 e. The molecule has 0 spiro atoms. The highest BCUT2D eigenvalue weighted by Crippen LogP contribution is 2.49.